The summed E-state index contributed by atoms with van der Waals surface area (Å²) in [4.78, 5) is 7.65. The van der Waals surface area contributed by atoms with Crippen LogP contribution < -0.4 is 10.6 Å². The Bertz CT molecular complexity index is 699. The Balaban J connectivity index is 0.00000364. The summed E-state index contributed by atoms with van der Waals surface area (Å²) < 4.78 is 1.81. The van der Waals surface area contributed by atoms with Crippen molar-refractivity contribution >= 4 is 41.3 Å². The van der Waals surface area contributed by atoms with Crippen LogP contribution in [-0.2, 0) is 12.6 Å². The van der Waals surface area contributed by atoms with Crippen LogP contribution in [0.2, 0.25) is 0 Å². The lowest BCUT2D eigenvalue weighted by Crippen LogP contribution is -2.42. The lowest BCUT2D eigenvalue weighted by atomic mass is 10.1. The lowest BCUT2D eigenvalue weighted by Gasteiger charge is -2.25. The number of guanidine groups is 1. The molecule has 0 aromatic carbocycles. The van der Waals surface area contributed by atoms with Crippen LogP contribution in [0.25, 0.3) is 0 Å². The van der Waals surface area contributed by atoms with Gasteiger partial charge in [0.1, 0.15) is 5.60 Å². The quantitative estimate of drug-likeness (QED) is 0.291. The van der Waals surface area contributed by atoms with Crippen molar-refractivity contribution in [3.63, 3.8) is 0 Å². The van der Waals surface area contributed by atoms with Gasteiger partial charge in [0, 0.05) is 36.8 Å². The van der Waals surface area contributed by atoms with E-state index in [2.05, 4.69) is 25.6 Å². The zero-order valence-corrected chi connectivity index (χ0v) is 19.8. The van der Waals surface area contributed by atoms with E-state index < -0.39 is 5.60 Å². The molecule has 2 aromatic heterocycles. The number of aliphatic imine (C=N–C) groups is 1. The van der Waals surface area contributed by atoms with Crippen LogP contribution in [0.4, 0.5) is 0 Å². The Hall–Kier alpha value is -1.17. The summed E-state index contributed by atoms with van der Waals surface area (Å²) in [5.41, 5.74) is 0.173. The van der Waals surface area contributed by atoms with E-state index in [0.717, 1.165) is 17.0 Å². The summed E-state index contributed by atoms with van der Waals surface area (Å²) in [6, 6.07) is 4.05. The van der Waals surface area contributed by atoms with E-state index in [1.165, 1.54) is 0 Å². The summed E-state index contributed by atoms with van der Waals surface area (Å²) in [7, 11) is 6.01. The minimum atomic E-state index is -0.971. The molecule has 2 unspecified atom stereocenters. The molecule has 2 rings (SSSR count). The van der Waals surface area contributed by atoms with Gasteiger partial charge in [-0.15, -0.1) is 35.3 Å². The molecule has 0 aliphatic heterocycles. The van der Waals surface area contributed by atoms with Crippen molar-refractivity contribution in [1.29, 1.82) is 0 Å². The Labute approximate surface area is 182 Å². The highest BCUT2D eigenvalue weighted by Crippen LogP contribution is 2.25. The van der Waals surface area contributed by atoms with Crippen LogP contribution in [-0.4, -0.2) is 59.5 Å². The number of nitrogens with one attached hydrogen (secondary N) is 2. The van der Waals surface area contributed by atoms with Gasteiger partial charge in [0.15, 0.2) is 5.96 Å². The Kier molecular flexibility index (Phi) is 9.71. The second kappa shape index (κ2) is 11.0. The first kappa shape index (κ1) is 23.9. The molecular formula is C18H31IN6OS. The molecule has 0 spiro atoms. The molecule has 0 saturated carbocycles. The van der Waals surface area contributed by atoms with Gasteiger partial charge < -0.3 is 20.6 Å². The molecule has 2 atom stereocenters. The topological polar surface area (TPSA) is 77.7 Å². The molecule has 7 nitrogen and oxygen atoms in total. The average molecular weight is 506 g/mol. The van der Waals surface area contributed by atoms with Crippen LogP contribution in [0.1, 0.15) is 30.3 Å². The first-order valence-corrected chi connectivity index (χ1v) is 9.65. The molecule has 0 bridgehead atoms. The van der Waals surface area contributed by atoms with E-state index >= 15 is 0 Å². The molecule has 3 N–H and O–H groups in total. The normalized spacial score (nSPS) is 15.1. The lowest BCUT2D eigenvalue weighted by molar-refractivity contribution is 0.0711. The third-order valence-electron chi connectivity index (χ3n) is 4.14. The highest BCUT2D eigenvalue weighted by Gasteiger charge is 2.24. The molecule has 0 amide bonds. The summed E-state index contributed by atoms with van der Waals surface area (Å²) in [5, 5.41) is 23.5. The maximum atomic E-state index is 10.7. The predicted molar refractivity (Wildman–Crippen MR) is 123 cm³/mol. The van der Waals surface area contributed by atoms with Crippen molar-refractivity contribution < 1.29 is 5.11 Å². The van der Waals surface area contributed by atoms with Crippen molar-refractivity contribution in [2.75, 3.05) is 33.7 Å². The maximum Gasteiger partial charge on any atom is 0.191 e. The highest BCUT2D eigenvalue weighted by atomic mass is 127. The fraction of sp³-hybridized carbons (Fsp3) is 0.556. The number of aromatic nitrogens is 2. The summed E-state index contributed by atoms with van der Waals surface area (Å²) >= 11 is 1.54. The van der Waals surface area contributed by atoms with E-state index in [4.69, 9.17) is 0 Å². The van der Waals surface area contributed by atoms with Gasteiger partial charge in [-0.05, 0) is 39.4 Å². The first-order chi connectivity index (χ1) is 12.3. The summed E-state index contributed by atoms with van der Waals surface area (Å²) in [5.74, 6) is 0.695. The number of halogens is 1. The number of rotatable bonds is 8. The molecule has 0 aliphatic carbocycles. The van der Waals surface area contributed by atoms with Gasteiger partial charge in [-0.2, -0.15) is 5.10 Å². The maximum absolute atomic E-state index is 10.7. The van der Waals surface area contributed by atoms with Crippen LogP contribution in [0.5, 0.6) is 0 Å². The number of aryl methyl sites for hydroxylation is 1. The van der Waals surface area contributed by atoms with Gasteiger partial charge in [0.05, 0.1) is 18.8 Å². The predicted octanol–water partition coefficient (Wildman–Crippen LogP) is 2.17. The molecule has 2 aromatic rings. The largest absolute Gasteiger partial charge is 0.383 e. The standard InChI is InChI=1S/C18H30N6OS.HI/c1-6-19-17(21-13-18(2,25)16-8-7-9-26-16)20-11-15(23(3)4)14-10-22-24(5)12-14;/h7-10,12,15,25H,6,11,13H2,1-5H3,(H2,19,20,21);1H. The van der Waals surface area contributed by atoms with Crippen LogP contribution in [0.15, 0.2) is 34.9 Å². The molecule has 9 heteroatoms. The Morgan fingerprint density at radius 1 is 1.44 bits per heavy atom. The second-order valence-electron chi connectivity index (χ2n) is 6.75. The molecule has 0 saturated heterocycles. The fourth-order valence-corrected chi connectivity index (χ4v) is 3.42. The monoisotopic (exact) mass is 506 g/mol. The van der Waals surface area contributed by atoms with Gasteiger partial charge in [-0.1, -0.05) is 6.07 Å². The zero-order valence-electron chi connectivity index (χ0n) is 16.6. The number of likely N-dealkylation sites (N-methyl/N-ethyl adjacent to an activating group) is 1. The van der Waals surface area contributed by atoms with Crippen molar-refractivity contribution in [3.05, 3.63) is 40.3 Å². The van der Waals surface area contributed by atoms with E-state index in [1.54, 1.807) is 18.3 Å². The molecular weight excluding hydrogens is 475 g/mol. The molecule has 0 aliphatic rings. The molecule has 0 fully saturated rings. The number of thiophene rings is 1. The van der Waals surface area contributed by atoms with Crippen molar-refractivity contribution in [3.8, 4) is 0 Å². The number of aliphatic hydroxyl groups is 1. The van der Waals surface area contributed by atoms with E-state index in [0.29, 0.717) is 19.0 Å². The molecule has 152 valence electrons. The van der Waals surface area contributed by atoms with E-state index in [9.17, 15) is 5.11 Å². The Morgan fingerprint density at radius 2 is 2.19 bits per heavy atom. The smallest absolute Gasteiger partial charge is 0.191 e. The zero-order chi connectivity index (χ0) is 19.2. The fourth-order valence-electron chi connectivity index (χ4n) is 2.64. The minimum absolute atomic E-state index is 0. The molecule has 27 heavy (non-hydrogen) atoms. The third-order valence-corrected chi connectivity index (χ3v) is 5.26. The van der Waals surface area contributed by atoms with Gasteiger partial charge in [-0.3, -0.25) is 4.68 Å². The van der Waals surface area contributed by atoms with Crippen molar-refractivity contribution in [2.24, 2.45) is 12.0 Å². The Morgan fingerprint density at radius 3 is 2.70 bits per heavy atom. The van der Waals surface area contributed by atoms with E-state index in [-0.39, 0.29) is 30.0 Å². The van der Waals surface area contributed by atoms with Crippen LogP contribution in [0, 0.1) is 0 Å². The molecule has 2 heterocycles. The number of hydrogen-bond donors (Lipinski definition) is 3. The summed E-state index contributed by atoms with van der Waals surface area (Å²) in [6.45, 7) is 5.56. The minimum Gasteiger partial charge on any atom is -0.383 e. The third kappa shape index (κ3) is 7.05. The van der Waals surface area contributed by atoms with E-state index in [1.807, 2.05) is 62.7 Å². The number of hydrogen-bond acceptors (Lipinski definition) is 5. The van der Waals surface area contributed by atoms with Gasteiger partial charge in [-0.25, -0.2) is 4.99 Å². The van der Waals surface area contributed by atoms with Gasteiger partial charge in [0.25, 0.3) is 0 Å². The highest BCUT2D eigenvalue weighted by molar-refractivity contribution is 14.0. The SMILES string of the molecule is CCNC(=NCC(C)(O)c1cccs1)NCC(c1cnn(C)c1)N(C)C.I. The van der Waals surface area contributed by atoms with Crippen molar-refractivity contribution in [2.45, 2.75) is 25.5 Å². The first-order valence-electron chi connectivity index (χ1n) is 8.77. The second-order valence-corrected chi connectivity index (χ2v) is 7.70. The van der Waals surface area contributed by atoms with Gasteiger partial charge in [0.2, 0.25) is 0 Å². The average Bonchev–Trinajstić information content (AvgIpc) is 3.24. The molecule has 0 radical (unpaired) electrons. The number of nitrogens with zero attached hydrogens (tertiary/aromatic N) is 4. The van der Waals surface area contributed by atoms with Crippen molar-refractivity contribution in [1.82, 2.24) is 25.3 Å². The van der Waals surface area contributed by atoms with Gasteiger partial charge >= 0.3 is 0 Å². The van der Waals surface area contributed by atoms with Crippen LogP contribution in [0.3, 0.4) is 0 Å². The van der Waals surface area contributed by atoms with Crippen LogP contribution >= 0.6 is 35.3 Å². The summed E-state index contributed by atoms with van der Waals surface area (Å²) in [6.07, 6.45) is 3.91.